The first-order valence-corrected chi connectivity index (χ1v) is 7.57. The highest BCUT2D eigenvalue weighted by molar-refractivity contribution is 5.93. The molecule has 1 aliphatic rings. The lowest BCUT2D eigenvalue weighted by Crippen LogP contribution is -2.42. The number of nitrogens with zero attached hydrogens (tertiary/aromatic N) is 4. The number of piperidine rings is 1. The van der Waals surface area contributed by atoms with E-state index in [0.717, 1.165) is 5.69 Å². The van der Waals surface area contributed by atoms with Crippen molar-refractivity contribution >= 4 is 11.9 Å². The second-order valence-electron chi connectivity index (χ2n) is 5.70. The van der Waals surface area contributed by atoms with E-state index < -0.39 is 11.9 Å². The fraction of sp³-hybridized carbons (Fsp3) is 0.375. The van der Waals surface area contributed by atoms with E-state index in [1.165, 1.54) is 0 Å². The highest BCUT2D eigenvalue weighted by atomic mass is 16.4. The normalized spacial score (nSPS) is 18.0. The first-order valence-electron chi connectivity index (χ1n) is 7.57. The van der Waals surface area contributed by atoms with Crippen molar-refractivity contribution in [3.63, 3.8) is 0 Å². The number of aliphatic carboxylic acids is 1. The molecule has 7 heteroatoms. The van der Waals surface area contributed by atoms with Crippen LogP contribution in [-0.2, 0) is 4.79 Å². The zero-order valence-electron chi connectivity index (χ0n) is 12.8. The van der Waals surface area contributed by atoms with Gasteiger partial charge in [0, 0.05) is 13.1 Å². The quantitative estimate of drug-likeness (QED) is 0.928. The van der Waals surface area contributed by atoms with Crippen LogP contribution in [0.1, 0.15) is 29.0 Å². The number of rotatable bonds is 3. The zero-order chi connectivity index (χ0) is 16.4. The summed E-state index contributed by atoms with van der Waals surface area (Å²) < 4.78 is 1.62. The molecule has 1 unspecified atom stereocenters. The monoisotopic (exact) mass is 314 g/mol. The van der Waals surface area contributed by atoms with E-state index in [2.05, 4.69) is 10.3 Å². The first-order chi connectivity index (χ1) is 11.1. The molecule has 0 spiro atoms. The van der Waals surface area contributed by atoms with Gasteiger partial charge < -0.3 is 10.0 Å². The second-order valence-corrected chi connectivity index (χ2v) is 5.70. The molecule has 0 aliphatic carbocycles. The Balaban J connectivity index is 1.83. The molecule has 7 nitrogen and oxygen atoms in total. The molecule has 1 fully saturated rings. The lowest BCUT2D eigenvalue weighted by molar-refractivity contribution is -0.143. The van der Waals surface area contributed by atoms with Gasteiger partial charge in [-0.2, -0.15) is 0 Å². The minimum Gasteiger partial charge on any atom is -0.481 e. The van der Waals surface area contributed by atoms with Crippen molar-refractivity contribution in [2.24, 2.45) is 5.92 Å². The number of carboxylic acid groups (broad SMARTS) is 1. The molecular formula is C16H18N4O3. The molecule has 0 saturated carbocycles. The average molecular weight is 314 g/mol. The molecule has 0 radical (unpaired) electrons. The van der Waals surface area contributed by atoms with Crippen molar-refractivity contribution in [3.05, 3.63) is 41.7 Å². The standard InChI is InChI=1S/C16H18N4O3/c1-11-14(17-18-20(11)13-7-3-2-4-8-13)15(21)19-9-5-6-12(10-19)16(22)23/h2-4,7-8,12H,5-6,9-10H2,1H3,(H,22,23). The Kier molecular flexibility index (Phi) is 4.10. The fourth-order valence-electron chi connectivity index (χ4n) is 2.85. The summed E-state index contributed by atoms with van der Waals surface area (Å²) in [5.41, 5.74) is 1.76. The van der Waals surface area contributed by atoms with E-state index in [0.29, 0.717) is 25.1 Å². The van der Waals surface area contributed by atoms with Gasteiger partial charge in [-0.15, -0.1) is 5.10 Å². The van der Waals surface area contributed by atoms with E-state index in [9.17, 15) is 9.59 Å². The zero-order valence-corrected chi connectivity index (χ0v) is 12.8. The van der Waals surface area contributed by atoms with Crippen LogP contribution < -0.4 is 0 Å². The number of carboxylic acids is 1. The molecule has 3 rings (SSSR count). The number of carbonyl (C=O) groups excluding carboxylic acids is 1. The number of benzene rings is 1. The number of amides is 1. The Hall–Kier alpha value is -2.70. The third kappa shape index (κ3) is 2.94. The molecule has 0 bridgehead atoms. The van der Waals surface area contributed by atoms with Crippen LogP contribution in [0.3, 0.4) is 0 Å². The minimum atomic E-state index is -0.854. The lowest BCUT2D eigenvalue weighted by Gasteiger charge is -2.30. The lowest BCUT2D eigenvalue weighted by atomic mass is 9.98. The first kappa shape index (κ1) is 15.2. The smallest absolute Gasteiger partial charge is 0.308 e. The van der Waals surface area contributed by atoms with E-state index >= 15 is 0 Å². The molecule has 1 saturated heterocycles. The summed E-state index contributed by atoms with van der Waals surface area (Å²) in [6.07, 6.45) is 1.30. The summed E-state index contributed by atoms with van der Waals surface area (Å²) in [6.45, 7) is 2.57. The number of hydrogen-bond acceptors (Lipinski definition) is 4. The van der Waals surface area contributed by atoms with E-state index in [-0.39, 0.29) is 18.1 Å². The van der Waals surface area contributed by atoms with E-state index in [1.54, 1.807) is 16.5 Å². The van der Waals surface area contributed by atoms with Crippen LogP contribution in [0, 0.1) is 12.8 Å². The predicted molar refractivity (Wildman–Crippen MR) is 82.4 cm³/mol. The molecule has 1 aliphatic heterocycles. The highest BCUT2D eigenvalue weighted by Gasteiger charge is 2.31. The topological polar surface area (TPSA) is 88.3 Å². The summed E-state index contributed by atoms with van der Waals surface area (Å²) >= 11 is 0. The molecular weight excluding hydrogens is 296 g/mol. The Labute approximate surface area is 133 Å². The van der Waals surface area contributed by atoms with Crippen LogP contribution in [0.5, 0.6) is 0 Å². The maximum absolute atomic E-state index is 12.7. The Morgan fingerprint density at radius 1 is 1.26 bits per heavy atom. The van der Waals surface area contributed by atoms with Gasteiger partial charge in [-0.25, -0.2) is 4.68 Å². The van der Waals surface area contributed by atoms with Gasteiger partial charge in [-0.3, -0.25) is 9.59 Å². The van der Waals surface area contributed by atoms with Crippen molar-refractivity contribution in [2.75, 3.05) is 13.1 Å². The maximum Gasteiger partial charge on any atom is 0.308 e. The van der Waals surface area contributed by atoms with Crippen LogP contribution in [0.25, 0.3) is 5.69 Å². The largest absolute Gasteiger partial charge is 0.481 e. The van der Waals surface area contributed by atoms with Crippen molar-refractivity contribution in [1.82, 2.24) is 19.9 Å². The van der Waals surface area contributed by atoms with Gasteiger partial charge in [0.05, 0.1) is 17.3 Å². The molecule has 120 valence electrons. The van der Waals surface area contributed by atoms with Crippen LogP contribution in [-0.4, -0.2) is 50.0 Å². The number of hydrogen-bond donors (Lipinski definition) is 1. The van der Waals surface area contributed by atoms with Gasteiger partial charge in [0.2, 0.25) is 0 Å². The fourth-order valence-corrected chi connectivity index (χ4v) is 2.85. The van der Waals surface area contributed by atoms with Gasteiger partial charge in [0.15, 0.2) is 5.69 Å². The third-order valence-electron chi connectivity index (χ3n) is 4.16. The number of likely N-dealkylation sites (tertiary alicyclic amines) is 1. The van der Waals surface area contributed by atoms with Crippen molar-refractivity contribution < 1.29 is 14.7 Å². The minimum absolute atomic E-state index is 0.228. The molecule has 2 heterocycles. The van der Waals surface area contributed by atoms with Crippen LogP contribution in [0.4, 0.5) is 0 Å². The molecule has 2 aromatic rings. The van der Waals surface area contributed by atoms with Crippen molar-refractivity contribution in [2.45, 2.75) is 19.8 Å². The van der Waals surface area contributed by atoms with Crippen LogP contribution >= 0.6 is 0 Å². The van der Waals surface area contributed by atoms with Crippen molar-refractivity contribution in [3.8, 4) is 5.69 Å². The summed E-state index contributed by atoms with van der Waals surface area (Å²) in [5, 5.41) is 17.2. The molecule has 1 N–H and O–H groups in total. The Morgan fingerprint density at radius 2 is 2.00 bits per heavy atom. The van der Waals surface area contributed by atoms with Gasteiger partial charge in [-0.1, -0.05) is 23.4 Å². The summed E-state index contributed by atoms with van der Waals surface area (Å²) in [5.74, 6) is -1.61. The molecule has 1 amide bonds. The molecule has 23 heavy (non-hydrogen) atoms. The molecule has 1 aromatic carbocycles. The van der Waals surface area contributed by atoms with Crippen LogP contribution in [0.15, 0.2) is 30.3 Å². The van der Waals surface area contributed by atoms with E-state index in [4.69, 9.17) is 5.11 Å². The van der Waals surface area contributed by atoms with Gasteiger partial charge in [-0.05, 0) is 31.9 Å². The summed E-state index contributed by atoms with van der Waals surface area (Å²) in [6, 6.07) is 9.45. The van der Waals surface area contributed by atoms with Crippen molar-refractivity contribution in [1.29, 1.82) is 0 Å². The summed E-state index contributed by atoms with van der Waals surface area (Å²) in [4.78, 5) is 25.4. The molecule has 1 aromatic heterocycles. The Bertz CT molecular complexity index is 726. The average Bonchev–Trinajstić information content (AvgIpc) is 2.96. The van der Waals surface area contributed by atoms with Gasteiger partial charge in [0.1, 0.15) is 0 Å². The molecule has 1 atom stereocenters. The maximum atomic E-state index is 12.7. The van der Waals surface area contributed by atoms with Gasteiger partial charge >= 0.3 is 5.97 Å². The number of para-hydroxylation sites is 1. The van der Waals surface area contributed by atoms with E-state index in [1.807, 2.05) is 30.3 Å². The predicted octanol–water partition coefficient (Wildman–Crippen LogP) is 1.51. The number of aromatic nitrogens is 3. The second kappa shape index (κ2) is 6.20. The number of carbonyl (C=O) groups is 2. The summed E-state index contributed by atoms with van der Waals surface area (Å²) in [7, 11) is 0. The van der Waals surface area contributed by atoms with Crippen LogP contribution in [0.2, 0.25) is 0 Å². The SMILES string of the molecule is Cc1c(C(=O)N2CCCC(C(=O)O)C2)nnn1-c1ccccc1. The van der Waals surface area contributed by atoms with Gasteiger partial charge in [0.25, 0.3) is 5.91 Å². The third-order valence-corrected chi connectivity index (χ3v) is 4.16. The highest BCUT2D eigenvalue weighted by Crippen LogP contribution is 2.20. The Morgan fingerprint density at radius 3 is 2.70 bits per heavy atom.